The van der Waals surface area contributed by atoms with Crippen molar-refractivity contribution in [3.63, 3.8) is 0 Å². The summed E-state index contributed by atoms with van der Waals surface area (Å²) in [6, 6.07) is 4.94. The molecule has 1 heterocycles. The van der Waals surface area contributed by atoms with Crippen molar-refractivity contribution in [3.8, 4) is 0 Å². The molecule has 0 aliphatic rings. The quantitative estimate of drug-likeness (QED) is 0.792. The molecule has 1 aromatic heterocycles. The molecule has 0 saturated carbocycles. The predicted molar refractivity (Wildman–Crippen MR) is 81.9 cm³/mol. The molecule has 0 amide bonds. The Morgan fingerprint density at radius 2 is 2.24 bits per heavy atom. The molecule has 2 aromatic rings. The second-order valence-electron chi connectivity index (χ2n) is 4.82. The number of nitrogens with one attached hydrogen (secondary N) is 1. The van der Waals surface area contributed by atoms with Gasteiger partial charge in [-0.1, -0.05) is 37.2 Å². The van der Waals surface area contributed by atoms with E-state index in [2.05, 4.69) is 34.7 Å². The van der Waals surface area contributed by atoms with Gasteiger partial charge >= 0.3 is 0 Å². The van der Waals surface area contributed by atoms with E-state index in [0.29, 0.717) is 34.1 Å². The summed E-state index contributed by atoms with van der Waals surface area (Å²) < 4.78 is 15.4. The van der Waals surface area contributed by atoms with Gasteiger partial charge in [-0.05, 0) is 34.2 Å². The first-order valence-corrected chi connectivity index (χ1v) is 7.99. The molecule has 0 unspecified atom stereocenters. The summed E-state index contributed by atoms with van der Waals surface area (Å²) in [5.41, 5.74) is 0.544. The van der Waals surface area contributed by atoms with Crippen molar-refractivity contribution >= 4 is 23.4 Å². The fraction of sp³-hybridized carbons (Fsp3) is 0.462. The van der Waals surface area contributed by atoms with Crippen LogP contribution in [0.25, 0.3) is 0 Å². The molecule has 0 aliphatic heterocycles. The third-order valence-corrected chi connectivity index (χ3v) is 3.98. The third kappa shape index (κ3) is 4.94. The predicted octanol–water partition coefficient (Wildman–Crippen LogP) is 2.76. The lowest BCUT2D eigenvalue weighted by Crippen LogP contribution is -2.27. The van der Waals surface area contributed by atoms with Gasteiger partial charge in [0.2, 0.25) is 5.16 Å². The molecule has 8 heteroatoms. The molecular formula is C13H17ClFN5S. The standard InChI is InChI=1S/C13H17ClFN5S/c1-9(2)16-5-6-20-13(17-18-19-20)21-8-10-7-11(14)3-4-12(10)15/h3-4,7,9,16H,5-6,8H2,1-2H3. The fourth-order valence-electron chi connectivity index (χ4n) is 1.70. The van der Waals surface area contributed by atoms with Crippen LogP contribution in [-0.2, 0) is 12.3 Å². The first kappa shape index (κ1) is 16.2. The molecule has 0 aliphatic carbocycles. The lowest BCUT2D eigenvalue weighted by Gasteiger charge is -2.08. The molecule has 0 fully saturated rings. The maximum Gasteiger partial charge on any atom is 0.209 e. The highest BCUT2D eigenvalue weighted by atomic mass is 35.5. The number of hydrogen-bond acceptors (Lipinski definition) is 5. The number of nitrogens with zero attached hydrogens (tertiary/aromatic N) is 4. The highest BCUT2D eigenvalue weighted by molar-refractivity contribution is 7.98. The van der Waals surface area contributed by atoms with Gasteiger partial charge in [0.05, 0.1) is 6.54 Å². The number of aromatic nitrogens is 4. The van der Waals surface area contributed by atoms with Crippen molar-refractivity contribution in [1.82, 2.24) is 25.5 Å². The van der Waals surface area contributed by atoms with Crippen molar-refractivity contribution in [2.24, 2.45) is 0 Å². The van der Waals surface area contributed by atoms with Gasteiger partial charge in [-0.2, -0.15) is 0 Å². The summed E-state index contributed by atoms with van der Waals surface area (Å²) in [7, 11) is 0. The zero-order valence-electron chi connectivity index (χ0n) is 11.9. The summed E-state index contributed by atoms with van der Waals surface area (Å²) in [6.07, 6.45) is 0. The Labute approximate surface area is 132 Å². The molecule has 0 radical (unpaired) electrons. The maximum absolute atomic E-state index is 13.6. The Morgan fingerprint density at radius 1 is 1.43 bits per heavy atom. The second-order valence-corrected chi connectivity index (χ2v) is 6.20. The topological polar surface area (TPSA) is 55.6 Å². The largest absolute Gasteiger partial charge is 0.313 e. The summed E-state index contributed by atoms with van der Waals surface area (Å²) in [5.74, 6) is 0.164. The van der Waals surface area contributed by atoms with E-state index in [4.69, 9.17) is 11.6 Å². The highest BCUT2D eigenvalue weighted by Crippen LogP contribution is 2.23. The van der Waals surface area contributed by atoms with Crippen molar-refractivity contribution in [2.75, 3.05) is 6.54 Å². The maximum atomic E-state index is 13.6. The Kier molecular flexibility index (Phi) is 5.96. The van der Waals surface area contributed by atoms with Gasteiger partial charge in [-0.25, -0.2) is 9.07 Å². The number of halogens is 2. The summed E-state index contributed by atoms with van der Waals surface area (Å²) in [6.45, 7) is 5.61. The lowest BCUT2D eigenvalue weighted by atomic mass is 10.2. The smallest absolute Gasteiger partial charge is 0.209 e. The highest BCUT2D eigenvalue weighted by Gasteiger charge is 2.09. The van der Waals surface area contributed by atoms with Crippen LogP contribution in [0.5, 0.6) is 0 Å². The van der Waals surface area contributed by atoms with E-state index < -0.39 is 0 Å². The van der Waals surface area contributed by atoms with Gasteiger partial charge in [0.25, 0.3) is 0 Å². The Bertz CT molecular complexity index is 590. The van der Waals surface area contributed by atoms with Gasteiger partial charge in [0, 0.05) is 23.4 Å². The summed E-state index contributed by atoms with van der Waals surface area (Å²) >= 11 is 7.27. The second kappa shape index (κ2) is 7.72. The SMILES string of the molecule is CC(C)NCCn1nnnc1SCc1cc(Cl)ccc1F. The average Bonchev–Trinajstić information content (AvgIpc) is 2.87. The van der Waals surface area contributed by atoms with E-state index in [9.17, 15) is 4.39 Å². The van der Waals surface area contributed by atoms with Crippen LogP contribution < -0.4 is 5.32 Å². The molecule has 114 valence electrons. The number of benzene rings is 1. The number of thioether (sulfide) groups is 1. The van der Waals surface area contributed by atoms with E-state index in [0.717, 1.165) is 6.54 Å². The number of hydrogen-bond donors (Lipinski definition) is 1. The zero-order chi connectivity index (χ0) is 15.2. The minimum Gasteiger partial charge on any atom is -0.313 e. The first-order valence-electron chi connectivity index (χ1n) is 6.62. The Hall–Kier alpha value is -1.18. The molecule has 5 nitrogen and oxygen atoms in total. The zero-order valence-corrected chi connectivity index (χ0v) is 13.5. The summed E-state index contributed by atoms with van der Waals surface area (Å²) in [5, 5.41) is 16.1. The molecule has 2 rings (SSSR count). The number of rotatable bonds is 7. The van der Waals surface area contributed by atoms with Gasteiger partial charge < -0.3 is 5.32 Å². The third-order valence-electron chi connectivity index (χ3n) is 2.74. The van der Waals surface area contributed by atoms with Crippen LogP contribution in [-0.4, -0.2) is 32.8 Å². The lowest BCUT2D eigenvalue weighted by molar-refractivity contribution is 0.485. The molecule has 0 atom stereocenters. The molecule has 1 aromatic carbocycles. The van der Waals surface area contributed by atoms with Gasteiger partial charge in [-0.15, -0.1) is 5.10 Å². The molecule has 1 N–H and O–H groups in total. The van der Waals surface area contributed by atoms with Crippen molar-refractivity contribution in [1.29, 1.82) is 0 Å². The van der Waals surface area contributed by atoms with E-state index in [1.165, 1.54) is 23.9 Å². The van der Waals surface area contributed by atoms with E-state index in [-0.39, 0.29) is 5.82 Å². The van der Waals surface area contributed by atoms with Crippen LogP contribution in [0.1, 0.15) is 19.4 Å². The monoisotopic (exact) mass is 329 g/mol. The number of tetrazole rings is 1. The normalized spacial score (nSPS) is 11.3. The van der Waals surface area contributed by atoms with Crippen LogP contribution in [0.4, 0.5) is 4.39 Å². The van der Waals surface area contributed by atoms with Crippen molar-refractivity contribution < 1.29 is 4.39 Å². The fourth-order valence-corrected chi connectivity index (χ4v) is 2.77. The van der Waals surface area contributed by atoms with Crippen molar-refractivity contribution in [2.45, 2.75) is 37.3 Å². The van der Waals surface area contributed by atoms with Crippen LogP contribution in [0.3, 0.4) is 0 Å². The van der Waals surface area contributed by atoms with Gasteiger partial charge in [0.1, 0.15) is 5.82 Å². The Balaban J connectivity index is 1.94. The van der Waals surface area contributed by atoms with Gasteiger partial charge in [-0.3, -0.25) is 0 Å². The molecule has 0 spiro atoms. The Morgan fingerprint density at radius 3 is 3.00 bits per heavy atom. The van der Waals surface area contributed by atoms with Gasteiger partial charge in [0.15, 0.2) is 0 Å². The van der Waals surface area contributed by atoms with Crippen molar-refractivity contribution in [3.05, 3.63) is 34.6 Å². The minimum atomic E-state index is -0.271. The van der Waals surface area contributed by atoms with E-state index in [1.54, 1.807) is 10.7 Å². The first-order chi connectivity index (χ1) is 10.1. The minimum absolute atomic E-state index is 0.271. The van der Waals surface area contributed by atoms with E-state index in [1.807, 2.05) is 0 Å². The summed E-state index contributed by atoms with van der Waals surface area (Å²) in [4.78, 5) is 0. The van der Waals surface area contributed by atoms with E-state index >= 15 is 0 Å². The van der Waals surface area contributed by atoms with Crippen LogP contribution in [0.15, 0.2) is 23.4 Å². The molecule has 0 bridgehead atoms. The average molecular weight is 330 g/mol. The molecule has 21 heavy (non-hydrogen) atoms. The molecule has 0 saturated heterocycles. The van der Waals surface area contributed by atoms with Crippen LogP contribution in [0, 0.1) is 5.82 Å². The van der Waals surface area contributed by atoms with Crippen LogP contribution in [0.2, 0.25) is 5.02 Å². The molecular weight excluding hydrogens is 313 g/mol. The van der Waals surface area contributed by atoms with Crippen LogP contribution >= 0.6 is 23.4 Å².